The van der Waals surface area contributed by atoms with Gasteiger partial charge in [0.05, 0.1) is 23.4 Å². The summed E-state index contributed by atoms with van der Waals surface area (Å²) >= 11 is 7.30. The summed E-state index contributed by atoms with van der Waals surface area (Å²) in [4.78, 5) is 12.2. The summed E-state index contributed by atoms with van der Waals surface area (Å²) in [5.74, 6) is 0. The topological polar surface area (TPSA) is 31.2 Å². The zero-order valence-electron chi connectivity index (χ0n) is 10.1. The number of aromatic nitrogens is 1. The minimum Gasteiger partial charge on any atom is -0.380 e. The first kappa shape index (κ1) is 12.2. The molecular weight excluding hydrogens is 270 g/mol. The molecule has 1 aromatic carbocycles. The summed E-state index contributed by atoms with van der Waals surface area (Å²) in [6.07, 6.45) is 1.03. The average Bonchev–Trinajstić information content (AvgIpc) is 2.60. The predicted molar refractivity (Wildman–Crippen MR) is 74.6 cm³/mol. The molecule has 0 radical (unpaired) electrons. The number of rotatable bonds is 3. The Morgan fingerprint density at radius 3 is 2.89 bits per heavy atom. The molecule has 3 rings (SSSR count). The van der Waals surface area contributed by atoms with Crippen LogP contribution in [-0.2, 0) is 11.3 Å². The second-order valence-electron chi connectivity index (χ2n) is 4.91. The van der Waals surface area contributed by atoms with Gasteiger partial charge in [-0.15, -0.1) is 0 Å². The lowest BCUT2D eigenvalue weighted by molar-refractivity contribution is -0.123. The van der Waals surface area contributed by atoms with Crippen LogP contribution in [0.25, 0.3) is 10.2 Å². The maximum Gasteiger partial charge on any atom is 0.308 e. The second kappa shape index (κ2) is 4.37. The third-order valence-electron chi connectivity index (χ3n) is 3.69. The number of thiazole rings is 1. The molecule has 2 aromatic rings. The van der Waals surface area contributed by atoms with Crippen molar-refractivity contribution in [2.24, 2.45) is 5.41 Å². The molecule has 1 fully saturated rings. The highest BCUT2D eigenvalue weighted by Gasteiger charge is 2.37. The maximum atomic E-state index is 12.1. The van der Waals surface area contributed by atoms with Gasteiger partial charge in [0.1, 0.15) is 0 Å². The number of benzene rings is 1. The maximum absolute atomic E-state index is 12.1. The van der Waals surface area contributed by atoms with Crippen LogP contribution in [0.1, 0.15) is 13.3 Å². The van der Waals surface area contributed by atoms with Gasteiger partial charge in [0.2, 0.25) is 0 Å². The molecule has 2 heterocycles. The molecule has 5 heteroatoms. The zero-order valence-corrected chi connectivity index (χ0v) is 11.7. The minimum absolute atomic E-state index is 0.0898. The monoisotopic (exact) mass is 283 g/mol. The molecule has 0 saturated carbocycles. The second-order valence-corrected chi connectivity index (χ2v) is 6.34. The standard InChI is InChI=1S/C13H14ClNO2S/c1-2-13(7-17-8-13)6-15-10-5-9(14)3-4-11(10)18-12(15)16/h3-5H,2,6-8H2,1H3. The van der Waals surface area contributed by atoms with E-state index in [1.165, 1.54) is 11.3 Å². The molecule has 1 saturated heterocycles. The Kier molecular flexibility index (Phi) is 2.96. The van der Waals surface area contributed by atoms with Crippen LogP contribution in [0.4, 0.5) is 0 Å². The summed E-state index contributed by atoms with van der Waals surface area (Å²) in [6.45, 7) is 4.36. The first-order valence-corrected chi connectivity index (χ1v) is 7.20. The van der Waals surface area contributed by atoms with Crippen molar-refractivity contribution in [3.05, 3.63) is 32.9 Å². The van der Waals surface area contributed by atoms with Crippen molar-refractivity contribution in [1.82, 2.24) is 4.57 Å². The number of fused-ring (bicyclic) bond motifs is 1. The van der Waals surface area contributed by atoms with Gasteiger partial charge in [0, 0.05) is 17.0 Å². The molecule has 1 aliphatic heterocycles. The molecule has 0 aliphatic carbocycles. The predicted octanol–water partition coefficient (Wildman–Crippen LogP) is 3.14. The fourth-order valence-electron chi connectivity index (χ4n) is 2.32. The highest BCUT2D eigenvalue weighted by molar-refractivity contribution is 7.16. The average molecular weight is 284 g/mol. The summed E-state index contributed by atoms with van der Waals surface area (Å²) in [6, 6.07) is 5.61. The van der Waals surface area contributed by atoms with Crippen LogP contribution in [0.15, 0.2) is 23.0 Å². The summed E-state index contributed by atoms with van der Waals surface area (Å²) < 4.78 is 8.16. The van der Waals surface area contributed by atoms with Crippen LogP contribution >= 0.6 is 22.9 Å². The highest BCUT2D eigenvalue weighted by Crippen LogP contribution is 2.34. The Labute approximate surface area is 114 Å². The summed E-state index contributed by atoms with van der Waals surface area (Å²) in [5.41, 5.74) is 1.07. The van der Waals surface area contributed by atoms with Crippen molar-refractivity contribution < 1.29 is 4.74 Å². The van der Waals surface area contributed by atoms with E-state index in [2.05, 4.69) is 6.92 Å². The Hall–Kier alpha value is -0.840. The number of hydrogen-bond donors (Lipinski definition) is 0. The van der Waals surface area contributed by atoms with Gasteiger partial charge in [0.25, 0.3) is 0 Å². The SMILES string of the molecule is CCC1(Cn2c(=O)sc3ccc(Cl)cc32)COC1. The van der Waals surface area contributed by atoms with Crippen molar-refractivity contribution >= 4 is 33.2 Å². The number of ether oxygens (including phenoxy) is 1. The third kappa shape index (κ3) is 1.88. The van der Waals surface area contributed by atoms with Crippen LogP contribution in [0.2, 0.25) is 5.02 Å². The van der Waals surface area contributed by atoms with Gasteiger partial charge in [0.15, 0.2) is 0 Å². The molecule has 1 aliphatic rings. The lowest BCUT2D eigenvalue weighted by Crippen LogP contribution is -2.46. The smallest absolute Gasteiger partial charge is 0.308 e. The number of nitrogens with zero attached hydrogens (tertiary/aromatic N) is 1. The first-order valence-electron chi connectivity index (χ1n) is 6.00. The third-order valence-corrected chi connectivity index (χ3v) is 4.88. The van der Waals surface area contributed by atoms with Gasteiger partial charge in [-0.3, -0.25) is 9.36 Å². The normalized spacial score (nSPS) is 17.9. The van der Waals surface area contributed by atoms with Crippen molar-refractivity contribution in [3.63, 3.8) is 0 Å². The Morgan fingerprint density at radius 2 is 2.28 bits per heavy atom. The van der Waals surface area contributed by atoms with Gasteiger partial charge in [-0.2, -0.15) is 0 Å². The molecule has 0 amide bonds. The van der Waals surface area contributed by atoms with Gasteiger partial charge in [-0.05, 0) is 24.6 Å². The lowest BCUT2D eigenvalue weighted by atomic mass is 9.83. The molecule has 18 heavy (non-hydrogen) atoms. The molecule has 1 aromatic heterocycles. The lowest BCUT2D eigenvalue weighted by Gasteiger charge is -2.40. The molecule has 96 valence electrons. The van der Waals surface area contributed by atoms with E-state index in [1.54, 1.807) is 0 Å². The van der Waals surface area contributed by atoms with Crippen LogP contribution in [-0.4, -0.2) is 17.8 Å². The molecule has 0 unspecified atom stereocenters. The van der Waals surface area contributed by atoms with Crippen LogP contribution < -0.4 is 4.87 Å². The van der Waals surface area contributed by atoms with Gasteiger partial charge < -0.3 is 4.74 Å². The largest absolute Gasteiger partial charge is 0.380 e. The molecule has 0 spiro atoms. The van der Waals surface area contributed by atoms with E-state index >= 15 is 0 Å². The first-order chi connectivity index (χ1) is 8.63. The quantitative estimate of drug-likeness (QED) is 0.866. The Bertz CT molecular complexity index is 636. The zero-order chi connectivity index (χ0) is 12.8. The van der Waals surface area contributed by atoms with E-state index in [0.717, 1.165) is 36.4 Å². The number of hydrogen-bond acceptors (Lipinski definition) is 3. The van der Waals surface area contributed by atoms with E-state index in [-0.39, 0.29) is 10.3 Å². The van der Waals surface area contributed by atoms with E-state index in [1.807, 2.05) is 22.8 Å². The fourth-order valence-corrected chi connectivity index (χ4v) is 3.36. The van der Waals surface area contributed by atoms with Crippen LogP contribution in [0.5, 0.6) is 0 Å². The summed E-state index contributed by atoms with van der Waals surface area (Å²) in [5, 5.41) is 0.671. The molecular formula is C13H14ClNO2S. The Morgan fingerprint density at radius 1 is 1.50 bits per heavy atom. The van der Waals surface area contributed by atoms with Gasteiger partial charge in [-0.1, -0.05) is 29.9 Å². The van der Waals surface area contributed by atoms with Gasteiger partial charge >= 0.3 is 4.87 Å². The van der Waals surface area contributed by atoms with Crippen LogP contribution in [0, 0.1) is 5.41 Å². The van der Waals surface area contributed by atoms with Crippen LogP contribution in [0.3, 0.4) is 0 Å². The van der Waals surface area contributed by atoms with Gasteiger partial charge in [-0.25, -0.2) is 0 Å². The van der Waals surface area contributed by atoms with Crippen molar-refractivity contribution in [3.8, 4) is 0 Å². The minimum atomic E-state index is 0.0898. The van der Waals surface area contributed by atoms with Crippen molar-refractivity contribution in [2.75, 3.05) is 13.2 Å². The van der Waals surface area contributed by atoms with E-state index in [9.17, 15) is 4.79 Å². The molecule has 0 atom stereocenters. The summed E-state index contributed by atoms with van der Waals surface area (Å²) in [7, 11) is 0. The van der Waals surface area contributed by atoms with Crippen molar-refractivity contribution in [1.29, 1.82) is 0 Å². The van der Waals surface area contributed by atoms with E-state index in [0.29, 0.717) is 5.02 Å². The van der Waals surface area contributed by atoms with E-state index in [4.69, 9.17) is 16.3 Å². The molecule has 0 N–H and O–H groups in total. The van der Waals surface area contributed by atoms with E-state index < -0.39 is 0 Å². The highest BCUT2D eigenvalue weighted by atomic mass is 35.5. The molecule has 0 bridgehead atoms. The van der Waals surface area contributed by atoms with Crippen molar-refractivity contribution in [2.45, 2.75) is 19.9 Å². The fraction of sp³-hybridized carbons (Fsp3) is 0.462. The Balaban J connectivity index is 2.08. The molecule has 3 nitrogen and oxygen atoms in total. The number of halogens is 1.